The second-order valence-corrected chi connectivity index (χ2v) is 3.89. The Morgan fingerprint density at radius 2 is 1.81 bits per heavy atom. The highest BCUT2D eigenvalue weighted by Gasteiger charge is 2.12. The van der Waals surface area contributed by atoms with Gasteiger partial charge in [0.15, 0.2) is 0 Å². The Morgan fingerprint density at radius 1 is 1.19 bits per heavy atom. The molecule has 0 atom stereocenters. The van der Waals surface area contributed by atoms with Crippen molar-refractivity contribution in [1.29, 1.82) is 5.26 Å². The summed E-state index contributed by atoms with van der Waals surface area (Å²) < 4.78 is 1.81. The van der Waals surface area contributed by atoms with Gasteiger partial charge in [0, 0.05) is 12.6 Å². The van der Waals surface area contributed by atoms with Crippen molar-refractivity contribution in [2.24, 2.45) is 7.05 Å². The molecule has 3 nitrogen and oxygen atoms in total. The number of aromatic nitrogens is 2. The normalized spacial score (nSPS) is 10.1. The van der Waals surface area contributed by atoms with Crippen LogP contribution in [-0.2, 0) is 7.05 Å². The molecule has 0 saturated carbocycles. The standard InChI is InChI=1S/C13H13N3/c1-9-4-6-11(7-5-9)13-12(8-14)16(3)10(2)15-13/h4-7H,1-3H3. The second kappa shape index (κ2) is 3.82. The van der Waals surface area contributed by atoms with E-state index in [1.54, 1.807) is 0 Å². The Kier molecular flexibility index (Phi) is 2.49. The van der Waals surface area contributed by atoms with Gasteiger partial charge in [0.1, 0.15) is 23.3 Å². The molecular formula is C13H13N3. The third-order valence-electron chi connectivity index (χ3n) is 2.75. The van der Waals surface area contributed by atoms with Gasteiger partial charge in [-0.05, 0) is 13.8 Å². The van der Waals surface area contributed by atoms with Crippen LogP contribution in [0.2, 0.25) is 0 Å². The molecule has 0 N–H and O–H groups in total. The van der Waals surface area contributed by atoms with E-state index in [4.69, 9.17) is 5.26 Å². The fourth-order valence-corrected chi connectivity index (χ4v) is 1.65. The highest BCUT2D eigenvalue weighted by Crippen LogP contribution is 2.23. The van der Waals surface area contributed by atoms with Gasteiger partial charge in [-0.3, -0.25) is 0 Å². The number of nitriles is 1. The monoisotopic (exact) mass is 211 g/mol. The van der Waals surface area contributed by atoms with Crippen LogP contribution in [0, 0.1) is 25.2 Å². The predicted octanol–water partition coefficient (Wildman–Crippen LogP) is 2.58. The molecule has 0 aliphatic heterocycles. The van der Waals surface area contributed by atoms with E-state index >= 15 is 0 Å². The maximum atomic E-state index is 9.12. The van der Waals surface area contributed by atoms with Crippen molar-refractivity contribution in [2.45, 2.75) is 13.8 Å². The number of aryl methyl sites for hydroxylation is 2. The molecule has 0 radical (unpaired) electrons. The first kappa shape index (κ1) is 10.4. The molecule has 0 aliphatic rings. The molecule has 0 saturated heterocycles. The van der Waals surface area contributed by atoms with Crippen LogP contribution in [0.15, 0.2) is 24.3 Å². The first-order valence-electron chi connectivity index (χ1n) is 5.14. The van der Waals surface area contributed by atoms with Gasteiger partial charge in [0.05, 0.1) is 0 Å². The summed E-state index contributed by atoms with van der Waals surface area (Å²) in [4.78, 5) is 4.42. The molecule has 0 bridgehead atoms. The Labute approximate surface area is 95.0 Å². The fourth-order valence-electron chi connectivity index (χ4n) is 1.65. The average Bonchev–Trinajstić information content (AvgIpc) is 2.56. The number of hydrogen-bond acceptors (Lipinski definition) is 2. The third-order valence-corrected chi connectivity index (χ3v) is 2.75. The van der Waals surface area contributed by atoms with E-state index < -0.39 is 0 Å². The maximum Gasteiger partial charge on any atom is 0.147 e. The van der Waals surface area contributed by atoms with Crippen LogP contribution in [-0.4, -0.2) is 9.55 Å². The maximum absolute atomic E-state index is 9.12. The van der Waals surface area contributed by atoms with Gasteiger partial charge in [0.2, 0.25) is 0 Å². The number of benzene rings is 1. The third kappa shape index (κ3) is 1.59. The summed E-state index contributed by atoms with van der Waals surface area (Å²) in [7, 11) is 1.86. The van der Waals surface area contributed by atoms with Gasteiger partial charge in [0.25, 0.3) is 0 Å². The first-order valence-corrected chi connectivity index (χ1v) is 5.14. The lowest BCUT2D eigenvalue weighted by atomic mass is 10.1. The smallest absolute Gasteiger partial charge is 0.147 e. The molecule has 0 unspecified atom stereocenters. The highest BCUT2D eigenvalue weighted by atomic mass is 15.1. The molecule has 80 valence electrons. The van der Waals surface area contributed by atoms with Crippen molar-refractivity contribution >= 4 is 0 Å². The molecule has 2 aromatic rings. The summed E-state index contributed by atoms with van der Waals surface area (Å²) >= 11 is 0. The van der Waals surface area contributed by atoms with Crippen molar-refractivity contribution in [3.63, 3.8) is 0 Å². The summed E-state index contributed by atoms with van der Waals surface area (Å²) in [5.41, 5.74) is 3.57. The zero-order valence-electron chi connectivity index (χ0n) is 9.65. The lowest BCUT2D eigenvalue weighted by Crippen LogP contribution is -1.94. The Bertz CT molecular complexity index is 556. The van der Waals surface area contributed by atoms with Crippen molar-refractivity contribution < 1.29 is 0 Å². The molecule has 0 amide bonds. The van der Waals surface area contributed by atoms with Crippen LogP contribution in [0.1, 0.15) is 17.1 Å². The van der Waals surface area contributed by atoms with E-state index in [1.165, 1.54) is 5.56 Å². The SMILES string of the molecule is Cc1ccc(-c2nc(C)n(C)c2C#N)cc1. The number of nitrogens with zero attached hydrogens (tertiary/aromatic N) is 3. The first-order chi connectivity index (χ1) is 7.63. The van der Waals surface area contributed by atoms with E-state index in [0.29, 0.717) is 5.69 Å². The lowest BCUT2D eigenvalue weighted by Gasteiger charge is -1.99. The molecule has 16 heavy (non-hydrogen) atoms. The van der Waals surface area contributed by atoms with E-state index in [-0.39, 0.29) is 0 Å². The molecule has 1 aromatic carbocycles. The van der Waals surface area contributed by atoms with Crippen LogP contribution in [0.4, 0.5) is 0 Å². The predicted molar refractivity (Wildman–Crippen MR) is 62.8 cm³/mol. The Hall–Kier alpha value is -2.08. The van der Waals surface area contributed by atoms with Gasteiger partial charge in [-0.1, -0.05) is 29.8 Å². The minimum Gasteiger partial charge on any atom is -0.323 e. The summed E-state index contributed by atoms with van der Waals surface area (Å²) in [6.07, 6.45) is 0. The summed E-state index contributed by atoms with van der Waals surface area (Å²) in [5, 5.41) is 9.12. The van der Waals surface area contributed by atoms with E-state index in [1.807, 2.05) is 49.7 Å². The molecule has 3 heteroatoms. The fraction of sp³-hybridized carbons (Fsp3) is 0.231. The van der Waals surface area contributed by atoms with E-state index in [2.05, 4.69) is 11.1 Å². The van der Waals surface area contributed by atoms with Crippen LogP contribution < -0.4 is 0 Å². The molecule has 0 fully saturated rings. The second-order valence-electron chi connectivity index (χ2n) is 3.89. The Balaban J connectivity index is 2.61. The molecule has 0 aliphatic carbocycles. The van der Waals surface area contributed by atoms with E-state index in [0.717, 1.165) is 17.1 Å². The number of hydrogen-bond donors (Lipinski definition) is 0. The lowest BCUT2D eigenvalue weighted by molar-refractivity contribution is 0.845. The zero-order valence-corrected chi connectivity index (χ0v) is 9.65. The molecule has 2 rings (SSSR count). The zero-order chi connectivity index (χ0) is 11.7. The topological polar surface area (TPSA) is 41.6 Å². The summed E-state index contributed by atoms with van der Waals surface area (Å²) in [6.45, 7) is 3.94. The van der Waals surface area contributed by atoms with Crippen molar-refractivity contribution in [1.82, 2.24) is 9.55 Å². The number of rotatable bonds is 1. The van der Waals surface area contributed by atoms with Crippen molar-refractivity contribution in [3.05, 3.63) is 41.3 Å². The van der Waals surface area contributed by atoms with Gasteiger partial charge in [-0.2, -0.15) is 5.26 Å². The summed E-state index contributed by atoms with van der Waals surface area (Å²) in [6, 6.07) is 10.3. The van der Waals surface area contributed by atoms with Crippen LogP contribution in [0.5, 0.6) is 0 Å². The minimum absolute atomic E-state index is 0.612. The highest BCUT2D eigenvalue weighted by molar-refractivity contribution is 5.65. The van der Waals surface area contributed by atoms with Crippen LogP contribution >= 0.6 is 0 Å². The summed E-state index contributed by atoms with van der Waals surface area (Å²) in [5.74, 6) is 0.854. The molecule has 0 spiro atoms. The van der Waals surface area contributed by atoms with Gasteiger partial charge in [-0.25, -0.2) is 4.98 Å². The van der Waals surface area contributed by atoms with Crippen LogP contribution in [0.3, 0.4) is 0 Å². The van der Waals surface area contributed by atoms with E-state index in [9.17, 15) is 0 Å². The minimum atomic E-state index is 0.612. The molecular weight excluding hydrogens is 198 g/mol. The molecule has 1 aromatic heterocycles. The average molecular weight is 211 g/mol. The number of imidazole rings is 1. The van der Waals surface area contributed by atoms with Gasteiger partial charge < -0.3 is 4.57 Å². The van der Waals surface area contributed by atoms with Crippen molar-refractivity contribution in [2.75, 3.05) is 0 Å². The van der Waals surface area contributed by atoms with Crippen molar-refractivity contribution in [3.8, 4) is 17.3 Å². The largest absolute Gasteiger partial charge is 0.323 e. The molecule has 1 heterocycles. The van der Waals surface area contributed by atoms with Gasteiger partial charge >= 0.3 is 0 Å². The van der Waals surface area contributed by atoms with Crippen LogP contribution in [0.25, 0.3) is 11.3 Å². The quantitative estimate of drug-likeness (QED) is 0.727. The van der Waals surface area contributed by atoms with Gasteiger partial charge in [-0.15, -0.1) is 0 Å². The Morgan fingerprint density at radius 3 is 2.38 bits per heavy atom.